The minimum atomic E-state index is -0.216. The third-order valence-corrected chi connectivity index (χ3v) is 3.72. The second-order valence-electron chi connectivity index (χ2n) is 5.41. The van der Waals surface area contributed by atoms with Gasteiger partial charge in [-0.1, -0.05) is 0 Å². The second-order valence-corrected chi connectivity index (χ2v) is 5.41. The molecule has 0 radical (unpaired) electrons. The summed E-state index contributed by atoms with van der Waals surface area (Å²) in [6.07, 6.45) is 7.82. The smallest absolute Gasteiger partial charge is 0.107 e. The van der Waals surface area contributed by atoms with Crippen molar-refractivity contribution in [3.8, 4) is 0 Å². The van der Waals surface area contributed by atoms with E-state index >= 15 is 0 Å². The Labute approximate surface area is 112 Å². The first kappa shape index (κ1) is 12.5. The first-order valence-electron chi connectivity index (χ1n) is 6.56. The molecule has 1 N–H and O–H groups in total. The molecule has 0 bridgehead atoms. The molecule has 2 aromatic rings. The fraction of sp³-hybridized carbons (Fsp3) is 0.467. The van der Waals surface area contributed by atoms with Gasteiger partial charge in [-0.15, -0.1) is 0 Å². The van der Waals surface area contributed by atoms with Gasteiger partial charge in [0.25, 0.3) is 0 Å². The standard InChI is InChI=1S/C15H18O4/c1-15(7-13-6-11(8-16)9-18-13)4-2-14(19-15)12-3-5-17-10-12/h3,5-6,9-10,14,16H,2,4,7-8H2,1H3/t14-,15+/m1/s1. The summed E-state index contributed by atoms with van der Waals surface area (Å²) in [6.45, 7) is 2.12. The van der Waals surface area contributed by atoms with Crippen LogP contribution in [-0.2, 0) is 17.8 Å². The highest BCUT2D eigenvalue weighted by atomic mass is 16.5. The molecule has 0 spiro atoms. The topological polar surface area (TPSA) is 55.7 Å². The first-order chi connectivity index (χ1) is 9.18. The third kappa shape index (κ3) is 2.60. The largest absolute Gasteiger partial charge is 0.472 e. The Hall–Kier alpha value is -1.52. The second kappa shape index (κ2) is 4.87. The van der Waals surface area contributed by atoms with E-state index in [1.54, 1.807) is 18.8 Å². The number of rotatable bonds is 4. The zero-order valence-electron chi connectivity index (χ0n) is 11.0. The molecule has 1 fully saturated rings. The first-order valence-corrected chi connectivity index (χ1v) is 6.56. The third-order valence-electron chi connectivity index (χ3n) is 3.72. The van der Waals surface area contributed by atoms with Gasteiger partial charge in [0.05, 0.1) is 37.1 Å². The van der Waals surface area contributed by atoms with E-state index in [1.165, 1.54) is 0 Å². The summed E-state index contributed by atoms with van der Waals surface area (Å²) in [7, 11) is 0. The molecule has 0 amide bonds. The number of furan rings is 2. The van der Waals surface area contributed by atoms with E-state index in [0.717, 1.165) is 36.1 Å². The van der Waals surface area contributed by atoms with Crippen LogP contribution >= 0.6 is 0 Å². The summed E-state index contributed by atoms with van der Waals surface area (Å²) < 4.78 is 16.7. The predicted octanol–water partition coefficient (Wildman–Crippen LogP) is 3.22. The van der Waals surface area contributed by atoms with Gasteiger partial charge < -0.3 is 18.7 Å². The van der Waals surface area contributed by atoms with Crippen molar-refractivity contribution < 1.29 is 18.7 Å². The molecule has 0 unspecified atom stereocenters. The molecule has 1 aliphatic heterocycles. The molecule has 4 heteroatoms. The van der Waals surface area contributed by atoms with Crippen molar-refractivity contribution in [3.05, 3.63) is 47.8 Å². The Kier molecular flexibility index (Phi) is 3.21. The molecule has 0 aliphatic carbocycles. The number of aliphatic hydroxyl groups is 1. The van der Waals surface area contributed by atoms with Crippen LogP contribution in [0.4, 0.5) is 0 Å². The Morgan fingerprint density at radius 3 is 3.00 bits per heavy atom. The van der Waals surface area contributed by atoms with Crippen molar-refractivity contribution >= 4 is 0 Å². The predicted molar refractivity (Wildman–Crippen MR) is 68.5 cm³/mol. The number of hydrogen-bond donors (Lipinski definition) is 1. The monoisotopic (exact) mass is 262 g/mol. The maximum atomic E-state index is 9.04. The maximum Gasteiger partial charge on any atom is 0.107 e. The highest BCUT2D eigenvalue weighted by molar-refractivity contribution is 5.16. The quantitative estimate of drug-likeness (QED) is 0.919. The van der Waals surface area contributed by atoms with Crippen molar-refractivity contribution in [1.82, 2.24) is 0 Å². The highest BCUT2D eigenvalue weighted by Gasteiger charge is 2.37. The van der Waals surface area contributed by atoms with E-state index in [4.69, 9.17) is 18.7 Å². The summed E-state index contributed by atoms with van der Waals surface area (Å²) in [6, 6.07) is 3.84. The lowest BCUT2D eigenvalue weighted by atomic mass is 9.96. The molecule has 3 heterocycles. The van der Waals surface area contributed by atoms with E-state index in [-0.39, 0.29) is 18.3 Å². The molecule has 2 aromatic heterocycles. The molecule has 2 atom stereocenters. The average Bonchev–Trinajstić information content (AvgIpc) is 3.09. The van der Waals surface area contributed by atoms with Gasteiger partial charge in [0.15, 0.2) is 0 Å². The van der Waals surface area contributed by atoms with E-state index < -0.39 is 0 Å². The Balaban J connectivity index is 1.68. The lowest BCUT2D eigenvalue weighted by molar-refractivity contribution is -0.0319. The number of ether oxygens (including phenoxy) is 1. The van der Waals surface area contributed by atoms with Crippen LogP contribution < -0.4 is 0 Å². The molecule has 0 saturated carbocycles. The minimum absolute atomic E-state index is 0.0126. The summed E-state index contributed by atoms with van der Waals surface area (Å²) in [5, 5.41) is 9.04. The lowest BCUT2D eigenvalue weighted by Gasteiger charge is -2.23. The van der Waals surface area contributed by atoms with E-state index in [0.29, 0.717) is 0 Å². The summed E-state index contributed by atoms with van der Waals surface area (Å²) in [5.74, 6) is 0.861. The Morgan fingerprint density at radius 1 is 1.42 bits per heavy atom. The Bertz CT molecular complexity index is 528. The molecular formula is C15H18O4. The summed E-state index contributed by atoms with van der Waals surface area (Å²) in [4.78, 5) is 0. The van der Waals surface area contributed by atoms with Crippen LogP contribution in [0.1, 0.15) is 42.8 Å². The maximum absolute atomic E-state index is 9.04. The molecule has 4 nitrogen and oxygen atoms in total. The van der Waals surface area contributed by atoms with Crippen molar-refractivity contribution in [1.29, 1.82) is 0 Å². The van der Waals surface area contributed by atoms with Crippen molar-refractivity contribution in [2.75, 3.05) is 0 Å². The van der Waals surface area contributed by atoms with Crippen LogP contribution in [-0.4, -0.2) is 10.7 Å². The average molecular weight is 262 g/mol. The summed E-state index contributed by atoms with van der Waals surface area (Å²) >= 11 is 0. The van der Waals surface area contributed by atoms with E-state index in [2.05, 4.69) is 6.92 Å². The van der Waals surface area contributed by atoms with E-state index in [1.807, 2.05) is 12.1 Å². The molecule has 0 aromatic carbocycles. The van der Waals surface area contributed by atoms with Crippen LogP contribution in [0.15, 0.2) is 39.8 Å². The van der Waals surface area contributed by atoms with E-state index in [9.17, 15) is 0 Å². The van der Waals surface area contributed by atoms with Gasteiger partial charge in [-0.2, -0.15) is 0 Å². The molecule has 102 valence electrons. The lowest BCUT2D eigenvalue weighted by Crippen LogP contribution is -2.26. The minimum Gasteiger partial charge on any atom is -0.472 e. The fourth-order valence-corrected chi connectivity index (χ4v) is 2.69. The highest BCUT2D eigenvalue weighted by Crippen LogP contribution is 2.41. The van der Waals surface area contributed by atoms with Crippen LogP contribution in [0.25, 0.3) is 0 Å². The van der Waals surface area contributed by atoms with Gasteiger partial charge in [0.2, 0.25) is 0 Å². The molecule has 1 saturated heterocycles. The van der Waals surface area contributed by atoms with Crippen molar-refractivity contribution in [3.63, 3.8) is 0 Å². The van der Waals surface area contributed by atoms with Gasteiger partial charge >= 0.3 is 0 Å². The Morgan fingerprint density at radius 2 is 2.32 bits per heavy atom. The van der Waals surface area contributed by atoms with Crippen LogP contribution in [0, 0.1) is 0 Å². The normalized spacial score (nSPS) is 26.9. The van der Waals surface area contributed by atoms with Crippen LogP contribution in [0.5, 0.6) is 0 Å². The number of aliphatic hydroxyl groups excluding tert-OH is 1. The van der Waals surface area contributed by atoms with Crippen molar-refractivity contribution in [2.45, 2.75) is 44.5 Å². The molecule has 1 aliphatic rings. The van der Waals surface area contributed by atoms with Gasteiger partial charge in [-0.05, 0) is 31.9 Å². The van der Waals surface area contributed by atoms with Crippen molar-refractivity contribution in [2.24, 2.45) is 0 Å². The van der Waals surface area contributed by atoms with Gasteiger partial charge in [-0.3, -0.25) is 0 Å². The molecule has 3 rings (SSSR count). The fourth-order valence-electron chi connectivity index (χ4n) is 2.69. The van der Waals surface area contributed by atoms with Gasteiger partial charge in [0, 0.05) is 17.5 Å². The molecular weight excluding hydrogens is 244 g/mol. The molecule has 19 heavy (non-hydrogen) atoms. The van der Waals surface area contributed by atoms with Gasteiger partial charge in [-0.25, -0.2) is 0 Å². The zero-order chi connectivity index (χ0) is 13.3. The van der Waals surface area contributed by atoms with Crippen LogP contribution in [0.2, 0.25) is 0 Å². The van der Waals surface area contributed by atoms with Crippen LogP contribution in [0.3, 0.4) is 0 Å². The number of hydrogen-bond acceptors (Lipinski definition) is 4. The SMILES string of the molecule is C[C@@]1(Cc2cc(CO)co2)CC[C@H](c2ccoc2)O1. The summed E-state index contributed by atoms with van der Waals surface area (Å²) in [5.41, 5.74) is 1.69. The van der Waals surface area contributed by atoms with Gasteiger partial charge in [0.1, 0.15) is 5.76 Å². The zero-order valence-corrected chi connectivity index (χ0v) is 11.0.